The summed E-state index contributed by atoms with van der Waals surface area (Å²) in [5.41, 5.74) is 1.24. The van der Waals surface area contributed by atoms with Crippen LogP contribution in [0.5, 0.6) is 0 Å². The van der Waals surface area contributed by atoms with E-state index in [0.717, 1.165) is 19.4 Å². The number of halogens is 1. The van der Waals surface area contributed by atoms with Crippen molar-refractivity contribution in [1.82, 2.24) is 5.32 Å². The lowest BCUT2D eigenvalue weighted by atomic mass is 9.79. The van der Waals surface area contributed by atoms with Crippen molar-refractivity contribution < 1.29 is 4.74 Å². The van der Waals surface area contributed by atoms with Gasteiger partial charge in [0.1, 0.15) is 0 Å². The Morgan fingerprint density at radius 3 is 2.57 bits per heavy atom. The van der Waals surface area contributed by atoms with Crippen LogP contribution in [0.2, 0.25) is 0 Å². The summed E-state index contributed by atoms with van der Waals surface area (Å²) in [7, 11) is 0. The predicted octanol–water partition coefficient (Wildman–Crippen LogP) is 4.93. The first-order chi connectivity index (χ1) is 9.75. The summed E-state index contributed by atoms with van der Waals surface area (Å²) in [5.74, 6) is 0.484. The Hall–Kier alpha value is -0.130. The van der Waals surface area contributed by atoms with Gasteiger partial charge in [0.05, 0.1) is 11.2 Å². The number of hydrogen-bond donors (Lipinski definition) is 1. The minimum Gasteiger partial charge on any atom is -0.369 e. The van der Waals surface area contributed by atoms with Crippen molar-refractivity contribution in [2.45, 2.75) is 64.7 Å². The highest BCUT2D eigenvalue weighted by Crippen LogP contribution is 2.47. The molecular weight excluding hydrogens is 373 g/mol. The summed E-state index contributed by atoms with van der Waals surface area (Å²) >= 11 is 2.40. The van der Waals surface area contributed by atoms with Gasteiger partial charge in [-0.15, -0.1) is 0 Å². The largest absolute Gasteiger partial charge is 0.369 e. The topological polar surface area (TPSA) is 21.3 Å². The Bertz CT molecular complexity index is 484. The quantitative estimate of drug-likeness (QED) is 0.707. The van der Waals surface area contributed by atoms with Crippen LogP contribution in [0, 0.1) is 9.49 Å². The second-order valence-electron chi connectivity index (χ2n) is 7.26. The van der Waals surface area contributed by atoms with Gasteiger partial charge in [-0.1, -0.05) is 19.1 Å². The maximum Gasteiger partial charge on any atom is 0.0681 e. The van der Waals surface area contributed by atoms with Gasteiger partial charge in [0.25, 0.3) is 0 Å². The highest BCUT2D eigenvalue weighted by Gasteiger charge is 2.49. The normalized spacial score (nSPS) is 25.0. The molecule has 2 nitrogen and oxygen atoms in total. The summed E-state index contributed by atoms with van der Waals surface area (Å²) in [6.45, 7) is 12.2. The summed E-state index contributed by atoms with van der Waals surface area (Å²) in [4.78, 5) is 0. The Kier molecular flexibility index (Phi) is 5.37. The zero-order valence-electron chi connectivity index (χ0n) is 13.9. The molecule has 2 atom stereocenters. The number of nitrogens with one attached hydrogen (secondary N) is 1. The molecule has 1 aliphatic heterocycles. The molecule has 1 aromatic carbocycles. The average Bonchev–Trinajstić information content (AvgIpc) is 2.58. The second-order valence-corrected chi connectivity index (χ2v) is 8.51. The van der Waals surface area contributed by atoms with Crippen molar-refractivity contribution in [3.05, 3.63) is 33.4 Å². The molecule has 1 N–H and O–H groups in total. The van der Waals surface area contributed by atoms with Gasteiger partial charge < -0.3 is 10.1 Å². The third-order valence-electron chi connectivity index (χ3n) is 4.37. The first-order valence-electron chi connectivity index (χ1n) is 7.94. The minimum atomic E-state index is -0.101. The zero-order chi connectivity index (χ0) is 15.7. The first-order valence-corrected chi connectivity index (χ1v) is 9.02. The Morgan fingerprint density at radius 1 is 1.33 bits per heavy atom. The summed E-state index contributed by atoms with van der Waals surface area (Å²) in [5, 5.41) is 3.76. The maximum atomic E-state index is 6.32. The molecule has 0 radical (unpaired) electrons. The number of ether oxygens (including phenoxy) is 1. The molecular formula is C18H28INO. The van der Waals surface area contributed by atoms with E-state index in [2.05, 4.69) is 86.8 Å². The van der Waals surface area contributed by atoms with Gasteiger partial charge in [-0.25, -0.2) is 0 Å². The van der Waals surface area contributed by atoms with E-state index >= 15 is 0 Å². The molecule has 1 aromatic rings. The molecule has 0 aromatic heterocycles. The standard InChI is InChI=1S/C18H28INO/c1-6-10-20-16(13-8-7-9-14(19)11-13)15-12-17(2,3)21-18(15,4)5/h7-9,11,15-16,20H,6,10,12H2,1-5H3. The lowest BCUT2D eigenvalue weighted by Gasteiger charge is -2.34. The first kappa shape index (κ1) is 17.2. The van der Waals surface area contributed by atoms with Crippen LogP contribution < -0.4 is 5.32 Å². The average molecular weight is 401 g/mol. The van der Waals surface area contributed by atoms with Gasteiger partial charge in [0.15, 0.2) is 0 Å². The fourth-order valence-electron chi connectivity index (χ4n) is 3.62. The number of benzene rings is 1. The minimum absolute atomic E-state index is 0.0394. The van der Waals surface area contributed by atoms with E-state index in [1.807, 2.05) is 0 Å². The van der Waals surface area contributed by atoms with E-state index in [0.29, 0.717) is 12.0 Å². The predicted molar refractivity (Wildman–Crippen MR) is 97.5 cm³/mol. The lowest BCUT2D eigenvalue weighted by Crippen LogP contribution is -2.38. The smallest absolute Gasteiger partial charge is 0.0681 e. The molecule has 0 bridgehead atoms. The lowest BCUT2D eigenvalue weighted by molar-refractivity contribution is -0.0778. The van der Waals surface area contributed by atoms with Crippen molar-refractivity contribution in [1.29, 1.82) is 0 Å². The van der Waals surface area contributed by atoms with Crippen LogP contribution in [-0.4, -0.2) is 17.7 Å². The van der Waals surface area contributed by atoms with E-state index in [-0.39, 0.29) is 11.2 Å². The molecule has 3 heteroatoms. The molecule has 0 spiro atoms. The van der Waals surface area contributed by atoms with Crippen molar-refractivity contribution in [2.75, 3.05) is 6.54 Å². The SMILES string of the molecule is CCCNC(c1cccc(I)c1)C1CC(C)(C)OC1(C)C. The van der Waals surface area contributed by atoms with Crippen LogP contribution >= 0.6 is 22.6 Å². The Morgan fingerprint density at radius 2 is 2.05 bits per heavy atom. The highest BCUT2D eigenvalue weighted by atomic mass is 127. The fraction of sp³-hybridized carbons (Fsp3) is 0.667. The molecule has 0 amide bonds. The molecule has 1 fully saturated rings. The molecule has 2 rings (SSSR count). The van der Waals surface area contributed by atoms with E-state index in [1.54, 1.807) is 0 Å². The Labute approximate surface area is 143 Å². The third kappa shape index (κ3) is 4.20. The van der Waals surface area contributed by atoms with Crippen LogP contribution in [-0.2, 0) is 4.74 Å². The maximum absolute atomic E-state index is 6.32. The monoisotopic (exact) mass is 401 g/mol. The molecule has 0 saturated carbocycles. The van der Waals surface area contributed by atoms with Crippen molar-refractivity contribution in [3.8, 4) is 0 Å². The van der Waals surface area contributed by atoms with E-state index < -0.39 is 0 Å². The molecule has 1 aliphatic rings. The van der Waals surface area contributed by atoms with Gasteiger partial charge in [0.2, 0.25) is 0 Å². The molecule has 2 unspecified atom stereocenters. The van der Waals surface area contributed by atoms with Crippen LogP contribution in [0.4, 0.5) is 0 Å². The zero-order valence-corrected chi connectivity index (χ0v) is 16.0. The Balaban J connectivity index is 2.32. The van der Waals surface area contributed by atoms with Crippen LogP contribution in [0.15, 0.2) is 24.3 Å². The molecule has 1 heterocycles. The highest BCUT2D eigenvalue weighted by molar-refractivity contribution is 14.1. The molecule has 1 saturated heterocycles. The summed E-state index contributed by atoms with van der Waals surface area (Å²) in [6, 6.07) is 9.22. The van der Waals surface area contributed by atoms with Gasteiger partial charge in [-0.2, -0.15) is 0 Å². The van der Waals surface area contributed by atoms with Crippen molar-refractivity contribution in [2.24, 2.45) is 5.92 Å². The van der Waals surface area contributed by atoms with Crippen molar-refractivity contribution in [3.63, 3.8) is 0 Å². The second kappa shape index (κ2) is 6.55. The number of rotatable bonds is 5. The summed E-state index contributed by atoms with van der Waals surface area (Å²) < 4.78 is 7.62. The fourth-order valence-corrected chi connectivity index (χ4v) is 4.18. The third-order valence-corrected chi connectivity index (χ3v) is 5.04. The van der Waals surface area contributed by atoms with Crippen LogP contribution in [0.1, 0.15) is 59.1 Å². The molecule has 118 valence electrons. The van der Waals surface area contributed by atoms with Gasteiger partial charge in [-0.3, -0.25) is 0 Å². The van der Waals surface area contributed by atoms with Crippen molar-refractivity contribution >= 4 is 22.6 Å². The van der Waals surface area contributed by atoms with Gasteiger partial charge in [-0.05, 0) is 87.4 Å². The van der Waals surface area contributed by atoms with E-state index in [1.165, 1.54) is 9.13 Å². The number of hydrogen-bond acceptors (Lipinski definition) is 2. The van der Waals surface area contributed by atoms with Crippen LogP contribution in [0.3, 0.4) is 0 Å². The van der Waals surface area contributed by atoms with Gasteiger partial charge in [0, 0.05) is 15.5 Å². The summed E-state index contributed by atoms with van der Waals surface area (Å²) in [6.07, 6.45) is 2.24. The van der Waals surface area contributed by atoms with E-state index in [4.69, 9.17) is 4.74 Å². The van der Waals surface area contributed by atoms with Crippen LogP contribution in [0.25, 0.3) is 0 Å². The molecule has 0 aliphatic carbocycles. The van der Waals surface area contributed by atoms with E-state index in [9.17, 15) is 0 Å². The van der Waals surface area contributed by atoms with Gasteiger partial charge >= 0.3 is 0 Å². The molecule has 21 heavy (non-hydrogen) atoms.